The van der Waals surface area contributed by atoms with Gasteiger partial charge in [-0.1, -0.05) is 24.3 Å². The van der Waals surface area contributed by atoms with Gasteiger partial charge in [-0.05, 0) is 50.5 Å². The number of Topliss-reactive ketones (excluding diaryl/α,β-unsaturated/α-hetero) is 1. The zero-order valence-corrected chi connectivity index (χ0v) is 14.1. The number of rotatable bonds is 4. The van der Waals surface area contributed by atoms with E-state index in [1.807, 2.05) is 6.92 Å². The average molecular weight is 321 g/mol. The maximum Gasteiger partial charge on any atom is 0.137 e. The monoisotopic (exact) mass is 321 g/mol. The number of hydrogen-bond donors (Lipinski definition) is 1. The van der Waals surface area contributed by atoms with Crippen LogP contribution in [0.1, 0.15) is 45.6 Å². The lowest BCUT2D eigenvalue weighted by Gasteiger charge is -2.21. The predicted molar refractivity (Wildman–Crippen MR) is 90.2 cm³/mol. The molecule has 1 N–H and O–H groups in total. The van der Waals surface area contributed by atoms with Crippen LogP contribution in [0, 0.1) is 5.82 Å². The SMILES string of the molecule is C=C(C)C1=C(NCc2ccc(F)cc2)CCC(=O)C1.CC(C)F. The average Bonchev–Trinajstić information content (AvgIpc) is 2.47. The number of ketones is 1. The summed E-state index contributed by atoms with van der Waals surface area (Å²) in [4.78, 5) is 11.5. The number of nitrogens with one attached hydrogen (secondary N) is 1. The fourth-order valence-corrected chi connectivity index (χ4v) is 2.22. The van der Waals surface area contributed by atoms with Gasteiger partial charge in [0.2, 0.25) is 0 Å². The standard InChI is InChI=1S/C16H18FNO.C3H7F/c1-11(2)15-9-14(19)7-8-16(15)18-10-12-3-5-13(17)6-4-12;1-3(2)4/h3-6,18H,1,7-10H2,2H3;3H,1-2H3. The lowest BCUT2D eigenvalue weighted by molar-refractivity contribution is -0.118. The maximum absolute atomic E-state index is 12.8. The second-order valence-corrected chi connectivity index (χ2v) is 5.95. The van der Waals surface area contributed by atoms with Crippen LogP contribution in [-0.4, -0.2) is 12.0 Å². The van der Waals surface area contributed by atoms with Gasteiger partial charge in [0.05, 0.1) is 6.17 Å². The van der Waals surface area contributed by atoms with Crippen LogP contribution in [0.25, 0.3) is 0 Å². The number of carbonyl (C=O) groups is 1. The molecule has 0 spiro atoms. The first-order valence-electron chi connectivity index (χ1n) is 7.81. The summed E-state index contributed by atoms with van der Waals surface area (Å²) < 4.78 is 23.8. The molecule has 0 atom stereocenters. The van der Waals surface area contributed by atoms with E-state index in [1.54, 1.807) is 12.1 Å². The predicted octanol–water partition coefficient (Wildman–Crippen LogP) is 4.86. The number of hydrogen-bond acceptors (Lipinski definition) is 2. The highest BCUT2D eigenvalue weighted by Gasteiger charge is 2.18. The van der Waals surface area contributed by atoms with Crippen LogP contribution in [0.15, 0.2) is 47.7 Å². The molecule has 2 nitrogen and oxygen atoms in total. The Labute approximate surface area is 137 Å². The van der Waals surface area contributed by atoms with Crippen molar-refractivity contribution < 1.29 is 13.6 Å². The molecule has 23 heavy (non-hydrogen) atoms. The molecule has 0 aromatic heterocycles. The minimum atomic E-state index is -0.667. The molecule has 0 saturated carbocycles. The molecule has 2 rings (SSSR count). The van der Waals surface area contributed by atoms with E-state index in [0.717, 1.165) is 28.8 Å². The van der Waals surface area contributed by atoms with Crippen LogP contribution in [0.4, 0.5) is 8.78 Å². The fraction of sp³-hybridized carbons (Fsp3) is 0.421. The second-order valence-electron chi connectivity index (χ2n) is 5.95. The first-order chi connectivity index (χ1) is 10.8. The Kier molecular flexibility index (Phi) is 7.66. The molecule has 0 bridgehead atoms. The van der Waals surface area contributed by atoms with Gasteiger partial charge in [-0.2, -0.15) is 0 Å². The zero-order valence-electron chi connectivity index (χ0n) is 14.1. The summed E-state index contributed by atoms with van der Waals surface area (Å²) >= 11 is 0. The smallest absolute Gasteiger partial charge is 0.137 e. The van der Waals surface area contributed by atoms with E-state index < -0.39 is 6.17 Å². The Bertz CT molecular complexity index is 571. The third-order valence-electron chi connectivity index (χ3n) is 3.33. The molecule has 0 amide bonds. The van der Waals surface area contributed by atoms with Crippen LogP contribution in [-0.2, 0) is 11.3 Å². The van der Waals surface area contributed by atoms with Gasteiger partial charge < -0.3 is 5.32 Å². The van der Waals surface area contributed by atoms with Gasteiger partial charge in [0.1, 0.15) is 11.6 Å². The van der Waals surface area contributed by atoms with Gasteiger partial charge in [-0.25, -0.2) is 8.78 Å². The normalized spacial score (nSPS) is 14.4. The molecule has 4 heteroatoms. The summed E-state index contributed by atoms with van der Waals surface area (Å²) in [5.74, 6) is 0.0409. The minimum absolute atomic E-state index is 0.228. The van der Waals surface area contributed by atoms with Gasteiger partial charge in [-0.15, -0.1) is 0 Å². The second kappa shape index (κ2) is 9.23. The molecule has 0 unspecified atom stereocenters. The quantitative estimate of drug-likeness (QED) is 0.858. The van der Waals surface area contributed by atoms with E-state index in [0.29, 0.717) is 19.4 Å². The van der Waals surface area contributed by atoms with Crippen molar-refractivity contribution in [2.45, 2.75) is 52.8 Å². The third-order valence-corrected chi connectivity index (χ3v) is 3.33. The summed E-state index contributed by atoms with van der Waals surface area (Å²) in [6.45, 7) is 9.49. The van der Waals surface area contributed by atoms with Gasteiger partial charge in [0, 0.05) is 25.1 Å². The number of halogens is 2. The van der Waals surface area contributed by atoms with Crippen molar-refractivity contribution in [2.24, 2.45) is 0 Å². The van der Waals surface area contributed by atoms with Crippen LogP contribution < -0.4 is 5.32 Å². The van der Waals surface area contributed by atoms with Crippen LogP contribution >= 0.6 is 0 Å². The number of alkyl halides is 1. The van der Waals surface area contributed by atoms with Crippen molar-refractivity contribution in [1.82, 2.24) is 5.32 Å². The third kappa shape index (κ3) is 7.22. The Morgan fingerprint density at radius 3 is 2.35 bits per heavy atom. The van der Waals surface area contributed by atoms with E-state index in [1.165, 1.54) is 26.0 Å². The zero-order chi connectivity index (χ0) is 17.4. The number of carbonyl (C=O) groups excluding carboxylic acids is 1. The molecule has 126 valence electrons. The molecule has 1 aliphatic rings. The Hall–Kier alpha value is -1.97. The van der Waals surface area contributed by atoms with Crippen molar-refractivity contribution in [3.05, 3.63) is 59.1 Å². The first kappa shape index (κ1) is 19.1. The maximum atomic E-state index is 12.8. The highest BCUT2D eigenvalue weighted by molar-refractivity contribution is 5.83. The molecule has 1 aliphatic carbocycles. The molecular formula is C19H25F2NO. The number of allylic oxidation sites excluding steroid dienone is 3. The summed E-state index contributed by atoms with van der Waals surface area (Å²) in [5, 5.41) is 3.35. The molecule has 0 radical (unpaired) electrons. The van der Waals surface area contributed by atoms with Gasteiger partial charge in [-0.3, -0.25) is 4.79 Å². The van der Waals surface area contributed by atoms with Crippen molar-refractivity contribution in [3.63, 3.8) is 0 Å². The number of benzene rings is 1. The Morgan fingerprint density at radius 1 is 1.26 bits per heavy atom. The van der Waals surface area contributed by atoms with E-state index in [-0.39, 0.29) is 11.6 Å². The summed E-state index contributed by atoms with van der Waals surface area (Å²) in [7, 11) is 0. The molecular weight excluding hydrogens is 296 g/mol. The molecule has 1 aromatic carbocycles. The molecule has 0 aliphatic heterocycles. The van der Waals surface area contributed by atoms with E-state index in [9.17, 15) is 13.6 Å². The minimum Gasteiger partial charge on any atom is -0.384 e. The highest BCUT2D eigenvalue weighted by atomic mass is 19.1. The molecule has 0 heterocycles. The summed E-state index contributed by atoms with van der Waals surface area (Å²) in [6, 6.07) is 6.43. The summed E-state index contributed by atoms with van der Waals surface area (Å²) in [5.41, 5.74) is 4.08. The fourth-order valence-electron chi connectivity index (χ4n) is 2.22. The van der Waals surface area contributed by atoms with Gasteiger partial charge in [0.25, 0.3) is 0 Å². The highest BCUT2D eigenvalue weighted by Crippen LogP contribution is 2.25. The Balaban J connectivity index is 0.000000593. The van der Waals surface area contributed by atoms with Gasteiger partial charge in [0.15, 0.2) is 0 Å². The molecule has 1 aromatic rings. The van der Waals surface area contributed by atoms with Crippen molar-refractivity contribution in [3.8, 4) is 0 Å². The van der Waals surface area contributed by atoms with E-state index in [4.69, 9.17) is 0 Å². The molecule has 0 saturated heterocycles. The van der Waals surface area contributed by atoms with Crippen LogP contribution in [0.3, 0.4) is 0 Å². The summed E-state index contributed by atoms with van der Waals surface area (Å²) in [6.07, 6.45) is 1.13. The first-order valence-corrected chi connectivity index (χ1v) is 7.81. The van der Waals surface area contributed by atoms with E-state index >= 15 is 0 Å². The van der Waals surface area contributed by atoms with Crippen LogP contribution in [0.2, 0.25) is 0 Å². The Morgan fingerprint density at radius 2 is 1.83 bits per heavy atom. The van der Waals surface area contributed by atoms with E-state index in [2.05, 4.69) is 11.9 Å². The largest absolute Gasteiger partial charge is 0.384 e. The van der Waals surface area contributed by atoms with Crippen molar-refractivity contribution in [1.29, 1.82) is 0 Å². The van der Waals surface area contributed by atoms with Crippen LogP contribution in [0.5, 0.6) is 0 Å². The van der Waals surface area contributed by atoms with Crippen molar-refractivity contribution in [2.75, 3.05) is 0 Å². The lowest BCUT2D eigenvalue weighted by Crippen LogP contribution is -2.21. The molecule has 0 fully saturated rings. The van der Waals surface area contributed by atoms with Crippen molar-refractivity contribution >= 4 is 5.78 Å². The lowest BCUT2D eigenvalue weighted by atomic mass is 9.91. The topological polar surface area (TPSA) is 29.1 Å². The van der Waals surface area contributed by atoms with Gasteiger partial charge >= 0.3 is 0 Å².